The van der Waals surface area contributed by atoms with Crippen LogP contribution >= 0.6 is 0 Å². The van der Waals surface area contributed by atoms with Gasteiger partial charge in [-0.3, -0.25) is 4.98 Å². The molecule has 0 atom stereocenters. The number of carbonyl (C=O) groups excluding carboxylic acids is 1. The summed E-state index contributed by atoms with van der Waals surface area (Å²) in [7, 11) is 2.89. The second-order valence-corrected chi connectivity index (χ2v) is 3.92. The van der Waals surface area contributed by atoms with Crippen molar-refractivity contribution in [2.75, 3.05) is 20.0 Å². The third-order valence-electron chi connectivity index (χ3n) is 2.82. The number of aryl methyl sites for hydroxylation is 1. The number of methoxy groups -OCH3 is 2. The van der Waals surface area contributed by atoms with Crippen LogP contribution in [0.25, 0.3) is 10.9 Å². The van der Waals surface area contributed by atoms with Gasteiger partial charge in [0, 0.05) is 11.6 Å². The van der Waals surface area contributed by atoms with E-state index >= 15 is 0 Å². The van der Waals surface area contributed by atoms with Gasteiger partial charge in [0.05, 0.1) is 25.4 Å². The summed E-state index contributed by atoms with van der Waals surface area (Å²) in [6, 6.07) is 3.63. The molecular weight excluding hydrogens is 232 g/mol. The minimum absolute atomic E-state index is 0.262. The molecule has 1 heterocycles. The van der Waals surface area contributed by atoms with E-state index in [0.717, 1.165) is 11.1 Å². The molecule has 94 valence electrons. The number of ether oxygens (including phenoxy) is 2. The van der Waals surface area contributed by atoms with Crippen LogP contribution in [0.2, 0.25) is 0 Å². The van der Waals surface area contributed by atoms with Crippen LogP contribution in [0.15, 0.2) is 18.3 Å². The first-order valence-corrected chi connectivity index (χ1v) is 5.39. The highest BCUT2D eigenvalue weighted by Gasteiger charge is 2.15. The molecule has 1 aromatic heterocycles. The van der Waals surface area contributed by atoms with Gasteiger partial charge in [-0.15, -0.1) is 0 Å². The molecule has 2 aromatic rings. The van der Waals surface area contributed by atoms with Crippen molar-refractivity contribution in [3.05, 3.63) is 29.5 Å². The highest BCUT2D eigenvalue weighted by atomic mass is 16.5. The van der Waals surface area contributed by atoms with Crippen molar-refractivity contribution in [3.63, 3.8) is 0 Å². The fraction of sp³-hybridized carbons (Fsp3) is 0.231. The molecule has 0 amide bonds. The van der Waals surface area contributed by atoms with Gasteiger partial charge in [-0.25, -0.2) is 4.79 Å². The van der Waals surface area contributed by atoms with E-state index in [4.69, 9.17) is 10.5 Å². The van der Waals surface area contributed by atoms with E-state index in [1.54, 1.807) is 13.2 Å². The summed E-state index contributed by atoms with van der Waals surface area (Å²) in [4.78, 5) is 15.8. The van der Waals surface area contributed by atoms with Gasteiger partial charge in [-0.05, 0) is 24.6 Å². The average molecular weight is 246 g/mol. The van der Waals surface area contributed by atoms with Gasteiger partial charge in [0.1, 0.15) is 11.3 Å². The lowest BCUT2D eigenvalue weighted by molar-refractivity contribution is 0.0601. The number of hydrogen-bond acceptors (Lipinski definition) is 5. The summed E-state index contributed by atoms with van der Waals surface area (Å²) >= 11 is 0. The minimum Gasteiger partial charge on any atom is -0.497 e. The number of fused-ring (bicyclic) bond motifs is 1. The first-order chi connectivity index (χ1) is 8.58. The Morgan fingerprint density at radius 3 is 2.67 bits per heavy atom. The molecule has 0 aliphatic rings. The summed E-state index contributed by atoms with van der Waals surface area (Å²) in [5, 5.41) is 0.690. The number of aromatic nitrogens is 1. The summed E-state index contributed by atoms with van der Waals surface area (Å²) in [5.41, 5.74) is 8.30. The summed E-state index contributed by atoms with van der Waals surface area (Å²) in [6.45, 7) is 1.91. The Hall–Kier alpha value is -2.30. The van der Waals surface area contributed by atoms with Crippen LogP contribution in [0, 0.1) is 6.92 Å². The molecule has 0 fully saturated rings. The second-order valence-electron chi connectivity index (χ2n) is 3.92. The third-order valence-corrected chi connectivity index (χ3v) is 2.82. The minimum atomic E-state index is -0.498. The van der Waals surface area contributed by atoms with Crippen LogP contribution in [0.1, 0.15) is 15.9 Å². The Bertz CT molecular complexity index is 623. The van der Waals surface area contributed by atoms with E-state index in [9.17, 15) is 4.79 Å². The molecule has 0 saturated carbocycles. The van der Waals surface area contributed by atoms with Gasteiger partial charge >= 0.3 is 5.97 Å². The van der Waals surface area contributed by atoms with Gasteiger partial charge in [-0.1, -0.05) is 0 Å². The molecule has 0 aliphatic carbocycles. The molecule has 0 aliphatic heterocycles. The molecule has 0 bridgehead atoms. The molecule has 5 heteroatoms. The van der Waals surface area contributed by atoms with E-state index in [-0.39, 0.29) is 5.56 Å². The predicted molar refractivity (Wildman–Crippen MR) is 68.8 cm³/mol. The maximum absolute atomic E-state index is 11.5. The van der Waals surface area contributed by atoms with Crippen LogP contribution in [0.4, 0.5) is 5.69 Å². The number of hydrogen-bond donors (Lipinski definition) is 1. The third kappa shape index (κ3) is 1.84. The molecule has 1 aromatic carbocycles. The maximum atomic E-state index is 11.5. The van der Waals surface area contributed by atoms with Crippen LogP contribution < -0.4 is 10.5 Å². The number of anilines is 1. The molecule has 0 unspecified atom stereocenters. The summed E-state index contributed by atoms with van der Waals surface area (Å²) in [5.74, 6) is 0.179. The lowest BCUT2D eigenvalue weighted by Gasteiger charge is -2.10. The standard InChI is InChI=1S/C13H14N2O3/c1-7-4-8(17-2)5-9-11(14)10(13(16)18-3)6-15-12(7)9/h4-6H,1-3H3,(H2,14,15). The molecular formula is C13H14N2O3. The number of benzene rings is 1. The van der Waals surface area contributed by atoms with E-state index in [1.165, 1.54) is 13.3 Å². The van der Waals surface area contributed by atoms with Crippen LogP contribution in [0.3, 0.4) is 0 Å². The number of nitrogens with two attached hydrogens (primary N) is 1. The monoisotopic (exact) mass is 246 g/mol. The van der Waals surface area contributed by atoms with Gasteiger partial charge < -0.3 is 15.2 Å². The van der Waals surface area contributed by atoms with Crippen molar-refractivity contribution in [2.24, 2.45) is 0 Å². The number of pyridine rings is 1. The average Bonchev–Trinajstić information content (AvgIpc) is 2.38. The van der Waals surface area contributed by atoms with Crippen molar-refractivity contribution in [1.82, 2.24) is 4.98 Å². The first kappa shape index (κ1) is 12.2. The van der Waals surface area contributed by atoms with Crippen molar-refractivity contribution in [3.8, 4) is 5.75 Å². The smallest absolute Gasteiger partial charge is 0.341 e. The largest absolute Gasteiger partial charge is 0.497 e. The van der Waals surface area contributed by atoms with Crippen LogP contribution in [-0.2, 0) is 4.74 Å². The van der Waals surface area contributed by atoms with E-state index in [2.05, 4.69) is 9.72 Å². The van der Waals surface area contributed by atoms with E-state index in [0.29, 0.717) is 16.8 Å². The molecule has 0 saturated heterocycles. The van der Waals surface area contributed by atoms with Crippen molar-refractivity contribution in [1.29, 1.82) is 0 Å². The molecule has 5 nitrogen and oxygen atoms in total. The summed E-state index contributed by atoms with van der Waals surface area (Å²) < 4.78 is 9.85. The van der Waals surface area contributed by atoms with E-state index < -0.39 is 5.97 Å². The molecule has 18 heavy (non-hydrogen) atoms. The first-order valence-electron chi connectivity index (χ1n) is 5.39. The fourth-order valence-corrected chi connectivity index (χ4v) is 1.86. The number of nitrogens with zero attached hydrogens (tertiary/aromatic N) is 1. The summed E-state index contributed by atoms with van der Waals surface area (Å²) in [6.07, 6.45) is 1.43. The zero-order chi connectivity index (χ0) is 13.3. The highest BCUT2D eigenvalue weighted by Crippen LogP contribution is 2.29. The number of nitrogen functional groups attached to an aromatic ring is 1. The predicted octanol–water partition coefficient (Wildman–Crippen LogP) is 1.92. The molecule has 0 spiro atoms. The van der Waals surface area contributed by atoms with Crippen LogP contribution in [-0.4, -0.2) is 25.2 Å². The quantitative estimate of drug-likeness (QED) is 0.819. The lowest BCUT2D eigenvalue weighted by Crippen LogP contribution is -2.07. The molecule has 0 radical (unpaired) electrons. The Morgan fingerprint density at radius 2 is 2.06 bits per heavy atom. The Morgan fingerprint density at radius 1 is 1.33 bits per heavy atom. The topological polar surface area (TPSA) is 74.4 Å². The van der Waals surface area contributed by atoms with Crippen molar-refractivity contribution >= 4 is 22.6 Å². The highest BCUT2D eigenvalue weighted by molar-refractivity contribution is 6.04. The Balaban J connectivity index is 2.76. The van der Waals surface area contributed by atoms with Gasteiger partial charge in [-0.2, -0.15) is 0 Å². The van der Waals surface area contributed by atoms with E-state index in [1.807, 2.05) is 13.0 Å². The van der Waals surface area contributed by atoms with Crippen LogP contribution in [0.5, 0.6) is 5.75 Å². The van der Waals surface area contributed by atoms with Gasteiger partial charge in [0.2, 0.25) is 0 Å². The maximum Gasteiger partial charge on any atom is 0.341 e. The van der Waals surface area contributed by atoms with Gasteiger partial charge in [0.25, 0.3) is 0 Å². The molecule has 2 N–H and O–H groups in total. The number of rotatable bonds is 2. The van der Waals surface area contributed by atoms with Crippen molar-refractivity contribution in [2.45, 2.75) is 6.92 Å². The zero-order valence-electron chi connectivity index (χ0n) is 10.5. The lowest BCUT2D eigenvalue weighted by atomic mass is 10.1. The normalized spacial score (nSPS) is 10.4. The Labute approximate surface area is 105 Å². The Kier molecular flexibility index (Phi) is 3.06. The molecule has 2 rings (SSSR count). The van der Waals surface area contributed by atoms with Gasteiger partial charge in [0.15, 0.2) is 0 Å². The van der Waals surface area contributed by atoms with Crippen molar-refractivity contribution < 1.29 is 14.3 Å². The number of esters is 1. The number of carbonyl (C=O) groups is 1. The SMILES string of the molecule is COC(=O)c1cnc2c(C)cc(OC)cc2c1N. The fourth-order valence-electron chi connectivity index (χ4n) is 1.86. The zero-order valence-corrected chi connectivity index (χ0v) is 10.5. The second kappa shape index (κ2) is 4.52.